The maximum absolute atomic E-state index is 12.6. The highest BCUT2D eigenvalue weighted by Gasteiger charge is 2.31. The van der Waals surface area contributed by atoms with Gasteiger partial charge in [0.25, 0.3) is 0 Å². The van der Waals surface area contributed by atoms with E-state index in [1.807, 2.05) is 37.3 Å². The molecule has 1 aliphatic carbocycles. The molecule has 1 aliphatic rings. The average molecular weight is 329 g/mol. The Hall–Kier alpha value is -1.65. The fourth-order valence-electron chi connectivity index (χ4n) is 3.34. The second kappa shape index (κ2) is 6.85. The number of rotatable bonds is 5. The van der Waals surface area contributed by atoms with E-state index in [9.17, 15) is 8.42 Å². The monoisotopic (exact) mass is 329 g/mol. The number of nitrogens with one attached hydrogen (secondary N) is 1. The van der Waals surface area contributed by atoms with Crippen molar-refractivity contribution in [1.82, 2.24) is 4.72 Å². The molecule has 0 bridgehead atoms. The van der Waals surface area contributed by atoms with E-state index < -0.39 is 10.0 Å². The molecule has 2 aromatic rings. The molecule has 2 unspecified atom stereocenters. The molecule has 0 heterocycles. The lowest BCUT2D eigenvalue weighted by Crippen LogP contribution is -2.38. The van der Waals surface area contributed by atoms with Crippen LogP contribution in [0.25, 0.3) is 0 Å². The van der Waals surface area contributed by atoms with Gasteiger partial charge in [0.05, 0.1) is 4.90 Å². The van der Waals surface area contributed by atoms with Crippen molar-refractivity contribution in [1.29, 1.82) is 0 Å². The SMILES string of the molecule is Cc1ccc(S(=O)(=O)NC2CCCC2Cc2ccccc2)cc1. The van der Waals surface area contributed by atoms with Gasteiger partial charge < -0.3 is 0 Å². The molecule has 3 nitrogen and oxygen atoms in total. The summed E-state index contributed by atoms with van der Waals surface area (Å²) >= 11 is 0. The van der Waals surface area contributed by atoms with Gasteiger partial charge in [-0.3, -0.25) is 0 Å². The van der Waals surface area contributed by atoms with Crippen LogP contribution < -0.4 is 4.72 Å². The molecular formula is C19H23NO2S. The molecule has 0 saturated heterocycles. The fraction of sp³-hybridized carbons (Fsp3) is 0.368. The van der Waals surface area contributed by atoms with Crippen LogP contribution in [0.2, 0.25) is 0 Å². The van der Waals surface area contributed by atoms with Crippen LogP contribution in [0.5, 0.6) is 0 Å². The Kier molecular flexibility index (Phi) is 4.83. The van der Waals surface area contributed by atoms with Crippen molar-refractivity contribution >= 4 is 10.0 Å². The summed E-state index contributed by atoms with van der Waals surface area (Å²) in [6, 6.07) is 17.4. The highest BCUT2D eigenvalue weighted by Crippen LogP contribution is 2.30. The molecule has 1 N–H and O–H groups in total. The lowest BCUT2D eigenvalue weighted by molar-refractivity contribution is 0.442. The highest BCUT2D eigenvalue weighted by atomic mass is 32.2. The third-order valence-corrected chi connectivity index (χ3v) is 6.14. The van der Waals surface area contributed by atoms with Crippen molar-refractivity contribution in [3.8, 4) is 0 Å². The Labute approximate surface area is 138 Å². The largest absolute Gasteiger partial charge is 0.240 e. The summed E-state index contributed by atoms with van der Waals surface area (Å²) in [7, 11) is -3.44. The lowest BCUT2D eigenvalue weighted by Gasteiger charge is -2.21. The van der Waals surface area contributed by atoms with Crippen LogP contribution in [0.4, 0.5) is 0 Å². The van der Waals surface area contributed by atoms with Crippen molar-refractivity contribution in [2.24, 2.45) is 5.92 Å². The molecule has 1 fully saturated rings. The molecule has 0 radical (unpaired) electrons. The Balaban J connectivity index is 1.72. The Bertz CT molecular complexity index is 739. The van der Waals surface area contributed by atoms with Gasteiger partial charge in [0, 0.05) is 6.04 Å². The van der Waals surface area contributed by atoms with Crippen LogP contribution in [-0.4, -0.2) is 14.5 Å². The van der Waals surface area contributed by atoms with E-state index >= 15 is 0 Å². The third-order valence-electron chi connectivity index (χ3n) is 4.64. The van der Waals surface area contributed by atoms with E-state index in [0.717, 1.165) is 31.2 Å². The quantitative estimate of drug-likeness (QED) is 0.909. The Morgan fingerprint density at radius 3 is 2.39 bits per heavy atom. The smallest absolute Gasteiger partial charge is 0.208 e. The summed E-state index contributed by atoms with van der Waals surface area (Å²) in [6.45, 7) is 1.96. The molecule has 0 amide bonds. The second-order valence-corrected chi connectivity index (χ2v) is 8.14. The van der Waals surface area contributed by atoms with Crippen molar-refractivity contribution in [3.05, 3.63) is 65.7 Å². The molecule has 2 atom stereocenters. The van der Waals surface area contributed by atoms with Gasteiger partial charge in [0.15, 0.2) is 0 Å². The minimum absolute atomic E-state index is 0.0292. The fourth-order valence-corrected chi connectivity index (χ4v) is 4.68. The van der Waals surface area contributed by atoms with Crippen LogP contribution in [0.3, 0.4) is 0 Å². The van der Waals surface area contributed by atoms with E-state index in [2.05, 4.69) is 16.9 Å². The van der Waals surface area contributed by atoms with Crippen LogP contribution >= 0.6 is 0 Å². The minimum atomic E-state index is -3.44. The summed E-state index contributed by atoms with van der Waals surface area (Å²) in [5, 5.41) is 0. The van der Waals surface area contributed by atoms with Crippen molar-refractivity contribution in [2.75, 3.05) is 0 Å². The van der Waals surface area contributed by atoms with E-state index in [1.54, 1.807) is 12.1 Å². The molecule has 3 rings (SSSR count). The van der Waals surface area contributed by atoms with Gasteiger partial charge in [-0.25, -0.2) is 13.1 Å². The summed E-state index contributed by atoms with van der Waals surface area (Å²) < 4.78 is 28.1. The molecular weight excluding hydrogens is 306 g/mol. The van der Waals surface area contributed by atoms with Crippen LogP contribution in [-0.2, 0) is 16.4 Å². The highest BCUT2D eigenvalue weighted by molar-refractivity contribution is 7.89. The molecule has 4 heteroatoms. The summed E-state index contributed by atoms with van der Waals surface area (Å²) in [6.07, 6.45) is 4.01. The number of sulfonamides is 1. The number of hydrogen-bond acceptors (Lipinski definition) is 2. The van der Waals surface area contributed by atoms with Gasteiger partial charge in [-0.1, -0.05) is 54.4 Å². The van der Waals surface area contributed by atoms with E-state index in [1.165, 1.54) is 5.56 Å². The molecule has 1 saturated carbocycles. The Morgan fingerprint density at radius 2 is 1.70 bits per heavy atom. The molecule has 2 aromatic carbocycles. The molecule has 0 aliphatic heterocycles. The zero-order valence-corrected chi connectivity index (χ0v) is 14.2. The predicted octanol–water partition coefficient (Wildman–Crippen LogP) is 3.68. The first kappa shape index (κ1) is 16.2. The van der Waals surface area contributed by atoms with E-state index in [4.69, 9.17) is 0 Å². The Morgan fingerprint density at radius 1 is 1.00 bits per heavy atom. The second-order valence-electron chi connectivity index (χ2n) is 6.42. The molecule has 0 aromatic heterocycles. The zero-order chi connectivity index (χ0) is 16.3. The van der Waals surface area contributed by atoms with Gasteiger partial charge in [-0.2, -0.15) is 0 Å². The summed E-state index contributed by atoms with van der Waals surface area (Å²) in [4.78, 5) is 0.355. The van der Waals surface area contributed by atoms with Crippen LogP contribution in [0, 0.1) is 12.8 Å². The lowest BCUT2D eigenvalue weighted by atomic mass is 9.95. The first-order valence-corrected chi connectivity index (χ1v) is 9.66. The zero-order valence-electron chi connectivity index (χ0n) is 13.4. The maximum atomic E-state index is 12.6. The number of benzene rings is 2. The normalized spacial score (nSPS) is 21.4. The minimum Gasteiger partial charge on any atom is -0.208 e. The summed E-state index contributed by atoms with van der Waals surface area (Å²) in [5.74, 6) is 0.373. The van der Waals surface area contributed by atoms with Crippen molar-refractivity contribution in [2.45, 2.75) is 43.5 Å². The summed E-state index contributed by atoms with van der Waals surface area (Å²) in [5.41, 5.74) is 2.34. The van der Waals surface area contributed by atoms with Crippen LogP contribution in [0.15, 0.2) is 59.5 Å². The first-order valence-electron chi connectivity index (χ1n) is 8.17. The van der Waals surface area contributed by atoms with Gasteiger partial charge in [-0.05, 0) is 49.8 Å². The molecule has 0 spiro atoms. The van der Waals surface area contributed by atoms with Crippen LogP contribution in [0.1, 0.15) is 30.4 Å². The van der Waals surface area contributed by atoms with Gasteiger partial charge in [0.2, 0.25) is 10.0 Å². The predicted molar refractivity (Wildman–Crippen MR) is 92.8 cm³/mol. The van der Waals surface area contributed by atoms with Gasteiger partial charge >= 0.3 is 0 Å². The average Bonchev–Trinajstić information content (AvgIpc) is 2.95. The number of aryl methyl sites for hydroxylation is 1. The van der Waals surface area contributed by atoms with E-state index in [-0.39, 0.29) is 6.04 Å². The standard InChI is InChI=1S/C19H23NO2S/c1-15-10-12-18(13-11-15)23(21,22)20-19-9-5-8-17(19)14-16-6-3-2-4-7-16/h2-4,6-7,10-13,17,19-20H,5,8-9,14H2,1H3. The third kappa shape index (κ3) is 4.01. The van der Waals surface area contributed by atoms with Crippen molar-refractivity contribution in [3.63, 3.8) is 0 Å². The maximum Gasteiger partial charge on any atom is 0.240 e. The van der Waals surface area contributed by atoms with Crippen molar-refractivity contribution < 1.29 is 8.42 Å². The topological polar surface area (TPSA) is 46.2 Å². The van der Waals surface area contributed by atoms with Gasteiger partial charge in [-0.15, -0.1) is 0 Å². The van der Waals surface area contributed by atoms with E-state index in [0.29, 0.717) is 10.8 Å². The molecule has 23 heavy (non-hydrogen) atoms. The molecule has 122 valence electrons. The van der Waals surface area contributed by atoms with Gasteiger partial charge in [0.1, 0.15) is 0 Å². The number of hydrogen-bond donors (Lipinski definition) is 1. The first-order chi connectivity index (χ1) is 11.0.